The average molecular weight is 337 g/mol. The lowest BCUT2D eigenvalue weighted by Gasteiger charge is -2.08. The number of nitrogens with one attached hydrogen (secondary N) is 3. The van der Waals surface area contributed by atoms with Crippen molar-refractivity contribution in [3.05, 3.63) is 60.2 Å². The van der Waals surface area contributed by atoms with Crippen molar-refractivity contribution in [1.29, 1.82) is 0 Å². The highest BCUT2D eigenvalue weighted by Gasteiger charge is 2.29. The summed E-state index contributed by atoms with van der Waals surface area (Å²) in [5.74, 6) is -0.985. The lowest BCUT2D eigenvalue weighted by atomic mass is 10.0. The van der Waals surface area contributed by atoms with E-state index in [9.17, 15) is 14.4 Å². The van der Waals surface area contributed by atoms with Crippen LogP contribution in [0.4, 0.5) is 0 Å². The minimum Gasteiger partial charge on any atom is -0.343 e. The Balaban J connectivity index is 1.47. The predicted molar refractivity (Wildman–Crippen MR) is 93.2 cm³/mol. The molecule has 0 heterocycles. The maximum absolute atomic E-state index is 12.1. The fraction of sp³-hybridized carbons (Fsp3) is 0.211. The second-order valence-electron chi connectivity index (χ2n) is 5.94. The molecule has 1 saturated carbocycles. The van der Waals surface area contributed by atoms with E-state index in [0.29, 0.717) is 5.56 Å². The van der Waals surface area contributed by atoms with E-state index in [2.05, 4.69) is 16.2 Å². The molecular formula is C19H19N3O3. The molecule has 0 aliphatic heterocycles. The number of hydrogen-bond acceptors (Lipinski definition) is 3. The highest BCUT2D eigenvalue weighted by molar-refractivity contribution is 5.97. The van der Waals surface area contributed by atoms with Gasteiger partial charge in [0.15, 0.2) is 0 Å². The lowest BCUT2D eigenvalue weighted by molar-refractivity contribution is -0.129. The van der Waals surface area contributed by atoms with Crippen LogP contribution < -0.4 is 16.2 Å². The van der Waals surface area contributed by atoms with Crippen LogP contribution >= 0.6 is 0 Å². The smallest absolute Gasteiger partial charge is 0.257 e. The number of carbonyl (C=O) groups excluding carboxylic acids is 3. The van der Waals surface area contributed by atoms with Crippen LogP contribution in [0, 0.1) is 5.92 Å². The van der Waals surface area contributed by atoms with Gasteiger partial charge in [0.2, 0.25) is 5.91 Å². The number of hydrazine groups is 1. The molecule has 2 aromatic carbocycles. The van der Waals surface area contributed by atoms with Crippen molar-refractivity contribution in [3.63, 3.8) is 0 Å². The number of carbonyl (C=O) groups is 3. The molecule has 1 aliphatic carbocycles. The van der Waals surface area contributed by atoms with Gasteiger partial charge in [0, 0.05) is 11.5 Å². The fourth-order valence-corrected chi connectivity index (χ4v) is 2.33. The zero-order valence-corrected chi connectivity index (χ0v) is 13.6. The van der Waals surface area contributed by atoms with Gasteiger partial charge in [0.05, 0.1) is 6.54 Å². The summed E-state index contributed by atoms with van der Waals surface area (Å²) in [6.07, 6.45) is 1.72. The summed E-state index contributed by atoms with van der Waals surface area (Å²) in [6, 6.07) is 17.0. The predicted octanol–water partition coefficient (Wildman–Crippen LogP) is 1.64. The Morgan fingerprint density at radius 2 is 1.48 bits per heavy atom. The molecule has 0 unspecified atom stereocenters. The molecule has 128 valence electrons. The molecule has 3 amide bonds. The van der Waals surface area contributed by atoms with E-state index in [1.54, 1.807) is 12.1 Å². The minimum absolute atomic E-state index is 0.0121. The van der Waals surface area contributed by atoms with Gasteiger partial charge in [0.1, 0.15) is 0 Å². The van der Waals surface area contributed by atoms with Crippen LogP contribution in [0.3, 0.4) is 0 Å². The van der Waals surface area contributed by atoms with Gasteiger partial charge in [-0.15, -0.1) is 0 Å². The first-order chi connectivity index (χ1) is 12.1. The Morgan fingerprint density at radius 1 is 0.840 bits per heavy atom. The summed E-state index contributed by atoms with van der Waals surface area (Å²) in [4.78, 5) is 35.1. The molecule has 1 fully saturated rings. The summed E-state index contributed by atoms with van der Waals surface area (Å²) in [7, 11) is 0. The molecule has 3 N–H and O–H groups in total. The van der Waals surface area contributed by atoms with Gasteiger partial charge in [-0.3, -0.25) is 25.2 Å². The van der Waals surface area contributed by atoms with Crippen molar-refractivity contribution in [2.75, 3.05) is 6.54 Å². The van der Waals surface area contributed by atoms with Crippen molar-refractivity contribution in [3.8, 4) is 11.1 Å². The average Bonchev–Trinajstić information content (AvgIpc) is 3.50. The molecular weight excluding hydrogens is 318 g/mol. The molecule has 6 nitrogen and oxygen atoms in total. The van der Waals surface area contributed by atoms with Gasteiger partial charge in [-0.2, -0.15) is 0 Å². The number of hydrogen-bond donors (Lipinski definition) is 3. The molecule has 0 atom stereocenters. The maximum atomic E-state index is 12.1. The van der Waals surface area contributed by atoms with E-state index in [1.165, 1.54) is 0 Å². The van der Waals surface area contributed by atoms with Gasteiger partial charge in [0.25, 0.3) is 11.8 Å². The summed E-state index contributed by atoms with van der Waals surface area (Å²) < 4.78 is 0. The summed E-state index contributed by atoms with van der Waals surface area (Å²) in [5, 5.41) is 2.52. The molecule has 0 spiro atoms. The quantitative estimate of drug-likeness (QED) is 0.725. The Hall–Kier alpha value is -3.15. The van der Waals surface area contributed by atoms with Crippen molar-refractivity contribution in [2.45, 2.75) is 12.8 Å². The fourth-order valence-electron chi connectivity index (χ4n) is 2.33. The van der Waals surface area contributed by atoms with E-state index < -0.39 is 5.91 Å². The molecule has 3 rings (SSSR count). The van der Waals surface area contributed by atoms with Gasteiger partial charge in [-0.25, -0.2) is 0 Å². The first-order valence-corrected chi connectivity index (χ1v) is 8.16. The molecule has 0 radical (unpaired) electrons. The third kappa shape index (κ3) is 4.67. The highest BCUT2D eigenvalue weighted by atomic mass is 16.2. The zero-order chi connectivity index (χ0) is 17.6. The molecule has 0 bridgehead atoms. The molecule has 6 heteroatoms. The minimum atomic E-state index is -0.469. The SMILES string of the molecule is O=C(CNC(=O)c1ccc(-c2ccccc2)cc1)NNC(=O)C1CC1. The standard InChI is InChI=1S/C19H19N3O3/c23-17(21-22-19(25)16-10-11-16)12-20-18(24)15-8-6-14(7-9-15)13-4-2-1-3-5-13/h1-9,16H,10-12H2,(H,20,24)(H,21,23)(H,22,25). The molecule has 2 aromatic rings. The van der Waals surface area contributed by atoms with E-state index in [0.717, 1.165) is 24.0 Å². The van der Waals surface area contributed by atoms with E-state index in [-0.39, 0.29) is 24.3 Å². The van der Waals surface area contributed by atoms with Crippen molar-refractivity contribution in [2.24, 2.45) is 5.92 Å². The first kappa shape index (κ1) is 16.7. The number of benzene rings is 2. The van der Waals surface area contributed by atoms with Crippen LogP contribution in [0.5, 0.6) is 0 Å². The third-order valence-electron chi connectivity index (χ3n) is 3.94. The Morgan fingerprint density at radius 3 is 2.12 bits per heavy atom. The summed E-state index contributed by atoms with van der Waals surface area (Å²) in [6.45, 7) is -0.204. The number of amides is 3. The van der Waals surface area contributed by atoms with Crippen LogP contribution in [0.25, 0.3) is 11.1 Å². The van der Waals surface area contributed by atoms with Gasteiger partial charge >= 0.3 is 0 Å². The van der Waals surface area contributed by atoms with Gasteiger partial charge in [-0.1, -0.05) is 42.5 Å². The van der Waals surface area contributed by atoms with Crippen LogP contribution in [-0.4, -0.2) is 24.3 Å². The summed E-state index contributed by atoms with van der Waals surface area (Å²) >= 11 is 0. The van der Waals surface area contributed by atoms with E-state index >= 15 is 0 Å². The second-order valence-corrected chi connectivity index (χ2v) is 5.94. The van der Waals surface area contributed by atoms with Crippen LogP contribution in [0.15, 0.2) is 54.6 Å². The van der Waals surface area contributed by atoms with Crippen LogP contribution in [-0.2, 0) is 9.59 Å². The van der Waals surface area contributed by atoms with Gasteiger partial charge < -0.3 is 5.32 Å². The maximum Gasteiger partial charge on any atom is 0.257 e. The normalized spacial score (nSPS) is 13.0. The Kier molecular flexibility index (Phi) is 5.09. The first-order valence-electron chi connectivity index (χ1n) is 8.16. The molecule has 0 saturated heterocycles. The van der Waals surface area contributed by atoms with Crippen LogP contribution in [0.2, 0.25) is 0 Å². The Bertz CT molecular complexity index is 768. The van der Waals surface area contributed by atoms with Crippen molar-refractivity contribution < 1.29 is 14.4 Å². The molecule has 0 aromatic heterocycles. The topological polar surface area (TPSA) is 87.3 Å². The monoisotopic (exact) mass is 337 g/mol. The largest absolute Gasteiger partial charge is 0.343 e. The van der Waals surface area contributed by atoms with Crippen LogP contribution in [0.1, 0.15) is 23.2 Å². The van der Waals surface area contributed by atoms with E-state index in [4.69, 9.17) is 0 Å². The van der Waals surface area contributed by atoms with E-state index in [1.807, 2.05) is 42.5 Å². The summed E-state index contributed by atoms with van der Waals surface area (Å²) in [5.41, 5.74) is 7.18. The van der Waals surface area contributed by atoms with Crippen molar-refractivity contribution in [1.82, 2.24) is 16.2 Å². The third-order valence-corrected chi connectivity index (χ3v) is 3.94. The van der Waals surface area contributed by atoms with Crippen molar-refractivity contribution >= 4 is 17.7 Å². The lowest BCUT2D eigenvalue weighted by Crippen LogP contribution is -2.46. The highest BCUT2D eigenvalue weighted by Crippen LogP contribution is 2.28. The molecule has 25 heavy (non-hydrogen) atoms. The second kappa shape index (κ2) is 7.61. The zero-order valence-electron chi connectivity index (χ0n) is 13.6. The molecule has 1 aliphatic rings. The van der Waals surface area contributed by atoms with Gasteiger partial charge in [-0.05, 0) is 36.1 Å². The Labute approximate surface area is 145 Å². The number of rotatable bonds is 5.